The normalized spacial score (nSPS) is 17.1. The second-order valence-corrected chi connectivity index (χ2v) is 4.25. The maximum absolute atomic E-state index is 11.3. The van der Waals surface area contributed by atoms with Gasteiger partial charge >= 0.3 is 5.97 Å². The van der Waals surface area contributed by atoms with E-state index in [-0.39, 0.29) is 13.2 Å². The van der Waals surface area contributed by atoms with Crippen LogP contribution >= 0.6 is 0 Å². The van der Waals surface area contributed by atoms with Gasteiger partial charge in [0.15, 0.2) is 11.2 Å². The third-order valence-corrected chi connectivity index (χ3v) is 3.08. The van der Waals surface area contributed by atoms with E-state index >= 15 is 0 Å². The molecule has 0 bridgehead atoms. The molecular weight excluding hydrogens is 234 g/mol. The number of carbonyl (C=O) groups is 1. The highest BCUT2D eigenvalue weighted by atomic mass is 16.5. The lowest BCUT2D eigenvalue weighted by Gasteiger charge is -2.35. The van der Waals surface area contributed by atoms with Crippen LogP contribution in [0.4, 0.5) is 0 Å². The summed E-state index contributed by atoms with van der Waals surface area (Å²) >= 11 is 0. The predicted molar refractivity (Wildman–Crippen MR) is 62.0 cm³/mol. The van der Waals surface area contributed by atoms with E-state index in [9.17, 15) is 9.90 Å². The van der Waals surface area contributed by atoms with Gasteiger partial charge in [-0.15, -0.1) is 0 Å². The largest absolute Gasteiger partial charge is 0.480 e. The Morgan fingerprint density at radius 2 is 2.28 bits per heavy atom. The summed E-state index contributed by atoms with van der Waals surface area (Å²) in [5.41, 5.74) is 0.514. The third-order valence-electron chi connectivity index (χ3n) is 3.08. The number of nitrogens with zero attached hydrogens (tertiary/aromatic N) is 2. The molecule has 0 spiro atoms. The highest BCUT2D eigenvalue weighted by molar-refractivity contribution is 5.81. The van der Waals surface area contributed by atoms with E-state index in [1.807, 2.05) is 6.07 Å². The molecule has 2 aromatic rings. The minimum Gasteiger partial charge on any atom is -0.480 e. The number of aromatic amines is 1. The number of aromatic nitrogens is 3. The summed E-state index contributed by atoms with van der Waals surface area (Å²) in [7, 11) is 0. The van der Waals surface area contributed by atoms with Gasteiger partial charge < -0.3 is 14.8 Å². The highest BCUT2D eigenvalue weighted by Gasteiger charge is 2.50. The molecule has 3 heterocycles. The Morgan fingerprint density at radius 3 is 2.83 bits per heavy atom. The topological polar surface area (TPSA) is 88.1 Å². The molecule has 0 amide bonds. The van der Waals surface area contributed by atoms with Crippen LogP contribution in [0.25, 0.3) is 11.3 Å². The molecule has 0 unspecified atom stereocenters. The molecule has 0 saturated carbocycles. The van der Waals surface area contributed by atoms with Gasteiger partial charge in [0.25, 0.3) is 0 Å². The van der Waals surface area contributed by atoms with Crippen LogP contribution in [0.2, 0.25) is 0 Å². The number of hydrogen-bond acceptors (Lipinski definition) is 4. The van der Waals surface area contributed by atoms with Crippen LogP contribution in [0.3, 0.4) is 0 Å². The quantitative estimate of drug-likeness (QED) is 0.836. The van der Waals surface area contributed by atoms with Gasteiger partial charge in [-0.1, -0.05) is 0 Å². The Kier molecular flexibility index (Phi) is 2.38. The molecular formula is C12H11N3O3. The van der Waals surface area contributed by atoms with E-state index in [4.69, 9.17) is 4.74 Å². The fourth-order valence-corrected chi connectivity index (χ4v) is 1.89. The summed E-state index contributed by atoms with van der Waals surface area (Å²) in [6.07, 6.45) is 5.17. The Hall–Kier alpha value is -2.21. The third kappa shape index (κ3) is 1.50. The molecule has 0 radical (unpaired) electrons. The van der Waals surface area contributed by atoms with Gasteiger partial charge in [-0.3, -0.25) is 4.79 Å². The first-order chi connectivity index (χ1) is 8.72. The Labute approximate surface area is 103 Å². The molecule has 92 valence electrons. The first-order valence-corrected chi connectivity index (χ1v) is 5.50. The van der Waals surface area contributed by atoms with E-state index in [1.165, 1.54) is 0 Å². The zero-order valence-electron chi connectivity index (χ0n) is 9.46. The Morgan fingerprint density at radius 1 is 1.44 bits per heavy atom. The number of carboxylic acids is 1. The zero-order valence-corrected chi connectivity index (χ0v) is 9.46. The van der Waals surface area contributed by atoms with E-state index in [0.29, 0.717) is 11.5 Å². The van der Waals surface area contributed by atoms with Crippen molar-refractivity contribution < 1.29 is 14.6 Å². The molecule has 1 aliphatic heterocycles. The molecule has 1 aliphatic rings. The molecule has 0 atom stereocenters. The number of rotatable bonds is 3. The van der Waals surface area contributed by atoms with E-state index in [1.54, 1.807) is 24.7 Å². The Balaban J connectivity index is 2.04. The fraction of sp³-hybridized carbons (Fsp3) is 0.250. The summed E-state index contributed by atoms with van der Waals surface area (Å²) in [4.78, 5) is 22.7. The Bertz CT molecular complexity index is 576. The van der Waals surface area contributed by atoms with Crippen molar-refractivity contribution in [3.8, 4) is 11.3 Å². The van der Waals surface area contributed by atoms with Crippen LogP contribution in [0, 0.1) is 0 Å². The maximum Gasteiger partial charge on any atom is 0.322 e. The highest BCUT2D eigenvalue weighted by Crippen LogP contribution is 2.31. The average Bonchev–Trinajstić information content (AvgIpc) is 2.80. The number of ether oxygens (including phenoxy) is 1. The number of nitrogens with one attached hydrogen (secondary N) is 1. The van der Waals surface area contributed by atoms with Gasteiger partial charge in [-0.05, 0) is 12.1 Å². The summed E-state index contributed by atoms with van der Waals surface area (Å²) in [6.45, 7) is 0.248. The molecule has 1 saturated heterocycles. The molecule has 2 N–H and O–H groups in total. The maximum atomic E-state index is 11.3. The van der Waals surface area contributed by atoms with Crippen LogP contribution < -0.4 is 0 Å². The molecule has 0 aromatic carbocycles. The minimum absolute atomic E-state index is 0.124. The molecule has 18 heavy (non-hydrogen) atoms. The summed E-state index contributed by atoms with van der Waals surface area (Å²) in [5, 5.41) is 9.29. The van der Waals surface area contributed by atoms with Crippen molar-refractivity contribution >= 4 is 5.97 Å². The lowest BCUT2D eigenvalue weighted by atomic mass is 9.85. The standard InChI is InChI=1S/C12H11N3O3/c16-11(17)12(6-18-7-12)10-14-4-2-9(15-10)8-1-3-13-5-8/h1-5,13H,6-7H2,(H,16,17). The van der Waals surface area contributed by atoms with Crippen LogP contribution in [0.1, 0.15) is 5.82 Å². The number of aliphatic carboxylic acids is 1. The van der Waals surface area contributed by atoms with Crippen molar-refractivity contribution in [2.75, 3.05) is 13.2 Å². The second-order valence-electron chi connectivity index (χ2n) is 4.25. The van der Waals surface area contributed by atoms with Crippen LogP contribution in [-0.2, 0) is 14.9 Å². The molecule has 6 heteroatoms. The van der Waals surface area contributed by atoms with Gasteiger partial charge in [0, 0.05) is 24.2 Å². The van der Waals surface area contributed by atoms with Crippen molar-refractivity contribution in [3.63, 3.8) is 0 Å². The first kappa shape index (κ1) is 10.9. The number of H-pyrrole nitrogens is 1. The summed E-state index contributed by atoms with van der Waals surface area (Å²) < 4.78 is 5.02. The van der Waals surface area contributed by atoms with Gasteiger partial charge in [-0.2, -0.15) is 0 Å². The van der Waals surface area contributed by atoms with Crippen molar-refractivity contribution in [2.24, 2.45) is 0 Å². The number of carboxylic acid groups (broad SMARTS) is 1. The SMILES string of the molecule is O=C(O)C1(c2nccc(-c3cc[nH]c3)n2)COC1. The monoisotopic (exact) mass is 245 g/mol. The minimum atomic E-state index is -1.09. The van der Waals surface area contributed by atoms with Crippen molar-refractivity contribution in [3.05, 3.63) is 36.5 Å². The van der Waals surface area contributed by atoms with Gasteiger partial charge in [-0.25, -0.2) is 9.97 Å². The van der Waals surface area contributed by atoms with E-state index < -0.39 is 11.4 Å². The van der Waals surface area contributed by atoms with Crippen molar-refractivity contribution in [1.82, 2.24) is 15.0 Å². The first-order valence-electron chi connectivity index (χ1n) is 5.50. The predicted octanol–water partition coefficient (Wildman–Crippen LogP) is 0.824. The van der Waals surface area contributed by atoms with Gasteiger partial charge in [0.1, 0.15) is 0 Å². The van der Waals surface area contributed by atoms with E-state index in [0.717, 1.165) is 5.56 Å². The molecule has 3 rings (SSSR count). The van der Waals surface area contributed by atoms with Crippen molar-refractivity contribution in [2.45, 2.75) is 5.41 Å². The summed E-state index contributed by atoms with van der Waals surface area (Å²) in [5.74, 6) is -0.639. The lowest BCUT2D eigenvalue weighted by molar-refractivity contribution is -0.164. The van der Waals surface area contributed by atoms with Crippen LogP contribution in [0.5, 0.6) is 0 Å². The van der Waals surface area contributed by atoms with Gasteiger partial charge in [0.05, 0.1) is 18.9 Å². The van der Waals surface area contributed by atoms with Crippen LogP contribution in [0.15, 0.2) is 30.7 Å². The fourth-order valence-electron chi connectivity index (χ4n) is 1.89. The molecule has 2 aromatic heterocycles. The van der Waals surface area contributed by atoms with Gasteiger partial charge in [0.2, 0.25) is 0 Å². The zero-order chi connectivity index (χ0) is 12.6. The molecule has 0 aliphatic carbocycles. The second kappa shape index (κ2) is 3.92. The van der Waals surface area contributed by atoms with E-state index in [2.05, 4.69) is 15.0 Å². The lowest BCUT2D eigenvalue weighted by Crippen LogP contribution is -2.54. The number of hydrogen-bond donors (Lipinski definition) is 2. The molecule has 6 nitrogen and oxygen atoms in total. The summed E-state index contributed by atoms with van der Waals surface area (Å²) in [6, 6.07) is 3.62. The average molecular weight is 245 g/mol. The molecule has 1 fully saturated rings. The smallest absolute Gasteiger partial charge is 0.322 e. The van der Waals surface area contributed by atoms with Crippen molar-refractivity contribution in [1.29, 1.82) is 0 Å². The van der Waals surface area contributed by atoms with Crippen LogP contribution in [-0.4, -0.2) is 39.2 Å².